The lowest BCUT2D eigenvalue weighted by Crippen LogP contribution is -2.37. The van der Waals surface area contributed by atoms with E-state index >= 15 is 0 Å². The molecular formula is C21H36N4O2. The SMILES string of the molecule is CCNC(=NCc1ccccc1CN1CCOCC1)NCCCCCOC. The summed E-state index contributed by atoms with van der Waals surface area (Å²) < 4.78 is 10.5. The van der Waals surface area contributed by atoms with Gasteiger partial charge in [0, 0.05) is 46.4 Å². The Morgan fingerprint density at radius 1 is 1.11 bits per heavy atom. The number of nitrogens with zero attached hydrogens (tertiary/aromatic N) is 2. The fourth-order valence-corrected chi connectivity index (χ4v) is 3.13. The van der Waals surface area contributed by atoms with Crippen molar-refractivity contribution in [1.82, 2.24) is 15.5 Å². The molecule has 2 N–H and O–H groups in total. The molecule has 0 amide bonds. The van der Waals surface area contributed by atoms with Gasteiger partial charge in [-0.25, -0.2) is 4.99 Å². The molecule has 1 saturated heterocycles. The largest absolute Gasteiger partial charge is 0.385 e. The third-order valence-corrected chi connectivity index (χ3v) is 4.69. The molecule has 0 bridgehead atoms. The van der Waals surface area contributed by atoms with Gasteiger partial charge in [-0.15, -0.1) is 0 Å². The van der Waals surface area contributed by atoms with Gasteiger partial charge in [-0.3, -0.25) is 4.90 Å². The van der Waals surface area contributed by atoms with E-state index in [2.05, 4.69) is 46.7 Å². The fraction of sp³-hybridized carbons (Fsp3) is 0.667. The summed E-state index contributed by atoms with van der Waals surface area (Å²) in [6.07, 6.45) is 3.41. The zero-order chi connectivity index (χ0) is 19.2. The van der Waals surface area contributed by atoms with E-state index < -0.39 is 0 Å². The van der Waals surface area contributed by atoms with E-state index in [1.54, 1.807) is 7.11 Å². The quantitative estimate of drug-likeness (QED) is 0.353. The highest BCUT2D eigenvalue weighted by atomic mass is 16.5. The van der Waals surface area contributed by atoms with Crippen LogP contribution >= 0.6 is 0 Å². The lowest BCUT2D eigenvalue weighted by molar-refractivity contribution is 0.0341. The van der Waals surface area contributed by atoms with Crippen LogP contribution in [0.1, 0.15) is 37.3 Å². The van der Waals surface area contributed by atoms with Gasteiger partial charge in [-0.1, -0.05) is 24.3 Å². The summed E-state index contributed by atoms with van der Waals surface area (Å²) in [5.41, 5.74) is 2.65. The van der Waals surface area contributed by atoms with Gasteiger partial charge in [0.2, 0.25) is 0 Å². The second-order valence-corrected chi connectivity index (χ2v) is 6.83. The highest BCUT2D eigenvalue weighted by Crippen LogP contribution is 2.14. The van der Waals surface area contributed by atoms with Crippen LogP contribution in [0.4, 0.5) is 0 Å². The number of hydrogen-bond acceptors (Lipinski definition) is 4. The maximum atomic E-state index is 5.45. The highest BCUT2D eigenvalue weighted by molar-refractivity contribution is 5.79. The van der Waals surface area contributed by atoms with Crippen LogP contribution < -0.4 is 10.6 Å². The molecule has 27 heavy (non-hydrogen) atoms. The molecule has 0 radical (unpaired) electrons. The van der Waals surface area contributed by atoms with E-state index in [-0.39, 0.29) is 0 Å². The molecule has 2 rings (SSSR count). The van der Waals surface area contributed by atoms with Crippen LogP contribution in [0.3, 0.4) is 0 Å². The predicted molar refractivity (Wildman–Crippen MR) is 111 cm³/mol. The van der Waals surface area contributed by atoms with Gasteiger partial charge < -0.3 is 20.1 Å². The average Bonchev–Trinajstić information content (AvgIpc) is 2.70. The van der Waals surface area contributed by atoms with E-state index in [1.165, 1.54) is 17.5 Å². The van der Waals surface area contributed by atoms with Crippen LogP contribution in [0.2, 0.25) is 0 Å². The number of aliphatic imine (C=N–C) groups is 1. The van der Waals surface area contributed by atoms with Gasteiger partial charge >= 0.3 is 0 Å². The molecule has 0 aliphatic carbocycles. The monoisotopic (exact) mass is 376 g/mol. The van der Waals surface area contributed by atoms with Crippen molar-refractivity contribution in [2.75, 3.05) is 53.1 Å². The van der Waals surface area contributed by atoms with E-state index in [0.717, 1.165) is 71.3 Å². The molecule has 0 spiro atoms. The van der Waals surface area contributed by atoms with Gasteiger partial charge in [-0.05, 0) is 37.3 Å². The number of hydrogen-bond donors (Lipinski definition) is 2. The summed E-state index contributed by atoms with van der Waals surface area (Å²) >= 11 is 0. The standard InChI is InChI=1S/C21H36N4O2/c1-3-22-21(23-11-7-4-8-14-26-2)24-17-19-9-5-6-10-20(19)18-25-12-15-27-16-13-25/h5-6,9-10H,3-4,7-8,11-18H2,1-2H3,(H2,22,23,24). The van der Waals surface area contributed by atoms with Crippen molar-refractivity contribution in [3.8, 4) is 0 Å². The molecule has 1 aromatic carbocycles. The van der Waals surface area contributed by atoms with Crippen LogP contribution in [0.25, 0.3) is 0 Å². The Morgan fingerprint density at radius 2 is 1.89 bits per heavy atom. The van der Waals surface area contributed by atoms with E-state index in [0.29, 0.717) is 6.54 Å². The molecule has 1 heterocycles. The Hall–Kier alpha value is -1.63. The summed E-state index contributed by atoms with van der Waals surface area (Å²) in [6.45, 7) is 10.1. The number of benzene rings is 1. The van der Waals surface area contributed by atoms with Crippen LogP contribution in [0.15, 0.2) is 29.3 Å². The maximum Gasteiger partial charge on any atom is 0.191 e. The average molecular weight is 377 g/mol. The van der Waals surface area contributed by atoms with Crippen LogP contribution in [-0.2, 0) is 22.6 Å². The van der Waals surface area contributed by atoms with Crippen molar-refractivity contribution in [3.05, 3.63) is 35.4 Å². The minimum atomic E-state index is 0.694. The number of guanidine groups is 1. The van der Waals surface area contributed by atoms with Gasteiger partial charge in [-0.2, -0.15) is 0 Å². The number of ether oxygens (including phenoxy) is 2. The third kappa shape index (κ3) is 8.73. The Bertz CT molecular complexity index is 545. The van der Waals surface area contributed by atoms with Crippen molar-refractivity contribution < 1.29 is 9.47 Å². The first-order chi connectivity index (χ1) is 13.3. The Kier molecular flexibility index (Phi) is 10.9. The van der Waals surface area contributed by atoms with Crippen molar-refractivity contribution >= 4 is 5.96 Å². The number of methoxy groups -OCH3 is 1. The second-order valence-electron chi connectivity index (χ2n) is 6.83. The molecule has 1 aliphatic rings. The third-order valence-electron chi connectivity index (χ3n) is 4.69. The van der Waals surface area contributed by atoms with Crippen molar-refractivity contribution in [2.24, 2.45) is 4.99 Å². The molecule has 1 aliphatic heterocycles. The minimum absolute atomic E-state index is 0.694. The van der Waals surface area contributed by atoms with Crippen molar-refractivity contribution in [3.63, 3.8) is 0 Å². The topological polar surface area (TPSA) is 58.1 Å². The molecule has 1 aromatic rings. The van der Waals surface area contributed by atoms with Crippen molar-refractivity contribution in [2.45, 2.75) is 39.3 Å². The van der Waals surface area contributed by atoms with Gasteiger partial charge in [0.1, 0.15) is 0 Å². The highest BCUT2D eigenvalue weighted by Gasteiger charge is 2.12. The fourth-order valence-electron chi connectivity index (χ4n) is 3.13. The summed E-state index contributed by atoms with van der Waals surface area (Å²) in [5.74, 6) is 0.894. The molecule has 6 heteroatoms. The molecule has 152 valence electrons. The Balaban J connectivity index is 1.86. The lowest BCUT2D eigenvalue weighted by Gasteiger charge is -2.27. The molecule has 0 saturated carbocycles. The van der Waals surface area contributed by atoms with Crippen LogP contribution in [-0.4, -0.2) is 64.0 Å². The normalized spacial score (nSPS) is 15.7. The summed E-state index contributed by atoms with van der Waals surface area (Å²) in [7, 11) is 1.76. The van der Waals surface area contributed by atoms with Crippen molar-refractivity contribution in [1.29, 1.82) is 0 Å². The van der Waals surface area contributed by atoms with Gasteiger partial charge in [0.05, 0.1) is 19.8 Å². The molecule has 0 unspecified atom stereocenters. The van der Waals surface area contributed by atoms with E-state index in [9.17, 15) is 0 Å². The van der Waals surface area contributed by atoms with E-state index in [1.807, 2.05) is 0 Å². The number of unbranched alkanes of at least 4 members (excludes halogenated alkanes) is 2. The maximum absolute atomic E-state index is 5.45. The second kappa shape index (κ2) is 13.5. The lowest BCUT2D eigenvalue weighted by atomic mass is 10.1. The molecular weight excluding hydrogens is 340 g/mol. The first-order valence-corrected chi connectivity index (χ1v) is 10.2. The predicted octanol–water partition coefficient (Wildman–Crippen LogP) is 2.39. The zero-order valence-electron chi connectivity index (χ0n) is 17.0. The van der Waals surface area contributed by atoms with Crippen LogP contribution in [0.5, 0.6) is 0 Å². The molecule has 6 nitrogen and oxygen atoms in total. The Labute approximate surface area is 164 Å². The summed E-state index contributed by atoms with van der Waals surface area (Å²) in [5, 5.41) is 6.78. The van der Waals surface area contributed by atoms with E-state index in [4.69, 9.17) is 14.5 Å². The summed E-state index contributed by atoms with van der Waals surface area (Å²) in [4.78, 5) is 7.25. The number of nitrogens with one attached hydrogen (secondary N) is 2. The summed E-state index contributed by atoms with van der Waals surface area (Å²) in [6, 6.07) is 8.63. The molecule has 1 fully saturated rings. The zero-order valence-corrected chi connectivity index (χ0v) is 17.0. The number of morpholine rings is 1. The Morgan fingerprint density at radius 3 is 2.63 bits per heavy atom. The van der Waals surface area contributed by atoms with Gasteiger partial charge in [0.15, 0.2) is 5.96 Å². The van der Waals surface area contributed by atoms with Gasteiger partial charge in [0.25, 0.3) is 0 Å². The minimum Gasteiger partial charge on any atom is -0.385 e. The first kappa shape index (κ1) is 21.7. The number of rotatable bonds is 11. The molecule has 0 atom stereocenters. The van der Waals surface area contributed by atoms with Crippen LogP contribution in [0, 0.1) is 0 Å². The smallest absolute Gasteiger partial charge is 0.191 e. The molecule has 0 aromatic heterocycles. The first-order valence-electron chi connectivity index (χ1n) is 10.2.